The fourth-order valence-electron chi connectivity index (χ4n) is 1.39. The summed E-state index contributed by atoms with van der Waals surface area (Å²) >= 11 is 2.27. The molecule has 0 bridgehead atoms. The molecular formula is C11H11IN2. The van der Waals surface area contributed by atoms with Crippen molar-refractivity contribution in [3.8, 4) is 11.4 Å². The van der Waals surface area contributed by atoms with Gasteiger partial charge in [0.1, 0.15) is 9.53 Å². The Balaban J connectivity index is 2.58. The molecule has 0 aliphatic rings. The molecule has 0 radical (unpaired) electrons. The van der Waals surface area contributed by atoms with E-state index in [0.717, 1.165) is 9.53 Å². The Morgan fingerprint density at radius 1 is 1.21 bits per heavy atom. The van der Waals surface area contributed by atoms with Crippen molar-refractivity contribution >= 4 is 22.6 Å². The van der Waals surface area contributed by atoms with Crippen LogP contribution in [-0.4, -0.2) is 9.55 Å². The van der Waals surface area contributed by atoms with Crippen LogP contribution in [0.5, 0.6) is 0 Å². The van der Waals surface area contributed by atoms with Gasteiger partial charge in [0.05, 0.1) is 0 Å². The fourth-order valence-corrected chi connectivity index (χ4v) is 1.98. The summed E-state index contributed by atoms with van der Waals surface area (Å²) in [7, 11) is 2.05. The molecule has 3 heteroatoms. The normalized spacial score (nSPS) is 10.5. The van der Waals surface area contributed by atoms with E-state index in [2.05, 4.69) is 51.2 Å². The molecule has 0 spiro atoms. The maximum Gasteiger partial charge on any atom is 0.141 e. The first-order valence-corrected chi connectivity index (χ1v) is 5.52. The zero-order chi connectivity index (χ0) is 10.1. The van der Waals surface area contributed by atoms with Gasteiger partial charge in [-0.1, -0.05) is 30.3 Å². The van der Waals surface area contributed by atoms with E-state index in [-0.39, 0.29) is 0 Å². The molecule has 2 rings (SSSR count). The Kier molecular flexibility index (Phi) is 2.58. The summed E-state index contributed by atoms with van der Waals surface area (Å²) in [6, 6.07) is 10.2. The molecule has 0 unspecified atom stereocenters. The number of aromatic nitrogens is 2. The highest BCUT2D eigenvalue weighted by Gasteiger charge is 2.09. The SMILES string of the molecule is Cc1c(I)nc(-c2ccccc2)n1C. The maximum atomic E-state index is 4.53. The average molecular weight is 298 g/mol. The van der Waals surface area contributed by atoms with Crippen molar-refractivity contribution in [1.29, 1.82) is 0 Å². The molecule has 72 valence electrons. The molecular weight excluding hydrogens is 287 g/mol. The van der Waals surface area contributed by atoms with Gasteiger partial charge >= 0.3 is 0 Å². The number of hydrogen-bond acceptors (Lipinski definition) is 1. The van der Waals surface area contributed by atoms with Gasteiger partial charge in [-0.3, -0.25) is 0 Å². The van der Waals surface area contributed by atoms with Crippen molar-refractivity contribution in [2.24, 2.45) is 7.05 Å². The monoisotopic (exact) mass is 298 g/mol. The minimum absolute atomic E-state index is 1.03. The van der Waals surface area contributed by atoms with Gasteiger partial charge in [0.2, 0.25) is 0 Å². The van der Waals surface area contributed by atoms with E-state index < -0.39 is 0 Å². The number of rotatable bonds is 1. The van der Waals surface area contributed by atoms with E-state index in [0.29, 0.717) is 0 Å². The van der Waals surface area contributed by atoms with Crippen molar-refractivity contribution in [2.45, 2.75) is 6.92 Å². The summed E-state index contributed by atoms with van der Waals surface area (Å²) in [6.45, 7) is 2.08. The van der Waals surface area contributed by atoms with Crippen LogP contribution in [-0.2, 0) is 7.05 Å². The number of imidazole rings is 1. The maximum absolute atomic E-state index is 4.53. The van der Waals surface area contributed by atoms with E-state index in [1.165, 1.54) is 11.3 Å². The Morgan fingerprint density at radius 2 is 1.86 bits per heavy atom. The zero-order valence-corrected chi connectivity index (χ0v) is 10.3. The molecule has 1 heterocycles. The van der Waals surface area contributed by atoms with Gasteiger partial charge in [0.15, 0.2) is 0 Å². The molecule has 0 aliphatic heterocycles. The molecule has 0 atom stereocenters. The van der Waals surface area contributed by atoms with Crippen LogP contribution < -0.4 is 0 Å². The first-order valence-electron chi connectivity index (χ1n) is 4.44. The summed E-state index contributed by atoms with van der Waals surface area (Å²) < 4.78 is 3.20. The van der Waals surface area contributed by atoms with Crippen molar-refractivity contribution in [2.75, 3.05) is 0 Å². The van der Waals surface area contributed by atoms with Gasteiger partial charge in [-0.15, -0.1) is 0 Å². The molecule has 1 aromatic carbocycles. The third-order valence-corrected chi connectivity index (χ3v) is 3.38. The van der Waals surface area contributed by atoms with Crippen LogP contribution in [0.2, 0.25) is 0 Å². The smallest absolute Gasteiger partial charge is 0.141 e. The largest absolute Gasteiger partial charge is 0.330 e. The van der Waals surface area contributed by atoms with Crippen molar-refractivity contribution in [3.05, 3.63) is 39.7 Å². The molecule has 1 aromatic heterocycles. The van der Waals surface area contributed by atoms with Crippen molar-refractivity contribution in [3.63, 3.8) is 0 Å². The third kappa shape index (κ3) is 1.56. The summed E-state index contributed by atoms with van der Waals surface area (Å²) in [6.07, 6.45) is 0. The summed E-state index contributed by atoms with van der Waals surface area (Å²) in [5.74, 6) is 1.03. The minimum atomic E-state index is 1.03. The van der Waals surface area contributed by atoms with Gasteiger partial charge < -0.3 is 4.57 Å². The average Bonchev–Trinajstić information content (AvgIpc) is 2.47. The predicted molar refractivity (Wildman–Crippen MR) is 66.1 cm³/mol. The van der Waals surface area contributed by atoms with E-state index in [9.17, 15) is 0 Å². The second kappa shape index (κ2) is 3.73. The first kappa shape index (κ1) is 9.71. The Morgan fingerprint density at radius 3 is 2.36 bits per heavy atom. The standard InChI is InChI=1S/C11H11IN2/c1-8-10(12)13-11(14(8)2)9-6-4-3-5-7-9/h3-7H,1-2H3. The van der Waals surface area contributed by atoms with Crippen LogP contribution in [0.15, 0.2) is 30.3 Å². The summed E-state index contributed by atoms with van der Waals surface area (Å²) in [5, 5.41) is 0. The van der Waals surface area contributed by atoms with Crippen LogP contribution >= 0.6 is 22.6 Å². The molecule has 2 aromatic rings. The predicted octanol–water partition coefficient (Wildman–Crippen LogP) is 3.00. The van der Waals surface area contributed by atoms with Crippen LogP contribution in [0.4, 0.5) is 0 Å². The molecule has 14 heavy (non-hydrogen) atoms. The topological polar surface area (TPSA) is 17.8 Å². The molecule has 0 N–H and O–H groups in total. The summed E-state index contributed by atoms with van der Waals surface area (Å²) in [4.78, 5) is 4.53. The van der Waals surface area contributed by atoms with E-state index >= 15 is 0 Å². The Hall–Kier alpha value is -0.840. The van der Waals surface area contributed by atoms with Gasteiger partial charge in [0.25, 0.3) is 0 Å². The van der Waals surface area contributed by atoms with Gasteiger partial charge in [-0.2, -0.15) is 0 Å². The number of hydrogen-bond donors (Lipinski definition) is 0. The second-order valence-corrected chi connectivity index (χ2v) is 4.26. The first-order chi connectivity index (χ1) is 6.70. The second-order valence-electron chi connectivity index (χ2n) is 3.24. The van der Waals surface area contributed by atoms with Gasteiger partial charge in [0, 0.05) is 18.3 Å². The van der Waals surface area contributed by atoms with Crippen molar-refractivity contribution in [1.82, 2.24) is 9.55 Å². The quantitative estimate of drug-likeness (QED) is 0.740. The van der Waals surface area contributed by atoms with Crippen LogP contribution in [0.25, 0.3) is 11.4 Å². The van der Waals surface area contributed by atoms with E-state index in [1.807, 2.05) is 25.2 Å². The van der Waals surface area contributed by atoms with Crippen molar-refractivity contribution < 1.29 is 0 Å². The lowest BCUT2D eigenvalue weighted by Crippen LogP contribution is -1.94. The number of halogens is 1. The molecule has 0 amide bonds. The lowest BCUT2D eigenvalue weighted by Gasteiger charge is -2.01. The van der Waals surface area contributed by atoms with Crippen LogP contribution in [0, 0.1) is 10.6 Å². The van der Waals surface area contributed by atoms with E-state index in [1.54, 1.807) is 0 Å². The lowest BCUT2D eigenvalue weighted by molar-refractivity contribution is 0.882. The van der Waals surface area contributed by atoms with E-state index in [4.69, 9.17) is 0 Å². The van der Waals surface area contributed by atoms with Gasteiger partial charge in [-0.25, -0.2) is 4.98 Å². The lowest BCUT2D eigenvalue weighted by atomic mass is 10.2. The molecule has 0 fully saturated rings. The summed E-state index contributed by atoms with van der Waals surface area (Å²) in [5.41, 5.74) is 2.38. The molecule has 0 saturated carbocycles. The molecule has 2 nitrogen and oxygen atoms in total. The number of benzene rings is 1. The van der Waals surface area contributed by atoms with Crippen LogP contribution in [0.1, 0.15) is 5.69 Å². The van der Waals surface area contributed by atoms with Gasteiger partial charge in [-0.05, 0) is 29.5 Å². The molecule has 0 aliphatic carbocycles. The Labute approximate surface area is 97.1 Å². The Bertz CT molecular complexity index is 446. The number of nitrogens with zero attached hydrogens (tertiary/aromatic N) is 2. The highest BCUT2D eigenvalue weighted by Crippen LogP contribution is 2.21. The van der Waals surface area contributed by atoms with Crippen LogP contribution in [0.3, 0.4) is 0 Å². The highest BCUT2D eigenvalue weighted by atomic mass is 127. The third-order valence-electron chi connectivity index (χ3n) is 2.36. The minimum Gasteiger partial charge on any atom is -0.330 e. The molecule has 0 saturated heterocycles. The zero-order valence-electron chi connectivity index (χ0n) is 8.16. The fraction of sp³-hybridized carbons (Fsp3) is 0.182. The highest BCUT2D eigenvalue weighted by molar-refractivity contribution is 14.1.